The van der Waals surface area contributed by atoms with E-state index in [1.54, 1.807) is 24.3 Å². The van der Waals surface area contributed by atoms with Crippen molar-refractivity contribution in [2.75, 3.05) is 0 Å². The maximum absolute atomic E-state index is 9.01. The van der Waals surface area contributed by atoms with Gasteiger partial charge in [-0.15, -0.1) is 6.42 Å². The molecule has 0 unspecified atom stereocenters. The molecule has 68 valence electrons. The molecule has 0 heterocycles. The van der Waals surface area contributed by atoms with Crippen LogP contribution in [0.1, 0.15) is 5.56 Å². The van der Waals surface area contributed by atoms with Crippen LogP contribution in [0.4, 0.5) is 0 Å². The Balaban J connectivity index is 2.70. The minimum absolute atomic E-state index is 0.214. The molecule has 0 amide bonds. The number of benzene rings is 1. The molecule has 1 nitrogen and oxygen atoms in total. The molecule has 1 N–H and O–H groups in total. The molecule has 0 aliphatic carbocycles. The highest BCUT2D eigenvalue weighted by Gasteiger charge is 1.85. The van der Waals surface area contributed by atoms with E-state index in [0.717, 1.165) is 5.56 Å². The number of rotatable bonds is 0. The molecule has 0 bridgehead atoms. The summed E-state index contributed by atoms with van der Waals surface area (Å²) in [5.41, 5.74) is 0.784. The smallest absolute Gasteiger partial charge is 0.115 e. The van der Waals surface area contributed by atoms with Gasteiger partial charge in [0.15, 0.2) is 0 Å². The summed E-state index contributed by atoms with van der Waals surface area (Å²) in [5, 5.41) is 9.01. The van der Waals surface area contributed by atoms with E-state index in [-0.39, 0.29) is 5.75 Å². The molecule has 1 aromatic carbocycles. The molecule has 1 heteroatoms. The average Bonchev–Trinajstić information content (AvgIpc) is 2.26. The van der Waals surface area contributed by atoms with Crippen molar-refractivity contribution >= 4 is 0 Å². The molecule has 0 saturated heterocycles. The van der Waals surface area contributed by atoms with Crippen molar-refractivity contribution in [2.24, 2.45) is 0 Å². The van der Waals surface area contributed by atoms with Crippen LogP contribution in [0.3, 0.4) is 0 Å². The third-order valence-electron chi connectivity index (χ3n) is 1.40. The summed E-state index contributed by atoms with van der Waals surface area (Å²) in [6.45, 7) is 0. The van der Waals surface area contributed by atoms with Gasteiger partial charge in [-0.2, -0.15) is 0 Å². The van der Waals surface area contributed by atoms with Gasteiger partial charge in [-0.05, 0) is 59.8 Å². The Morgan fingerprint density at radius 2 is 1.47 bits per heavy atom. The molecule has 0 radical (unpaired) electrons. The first-order chi connectivity index (χ1) is 7.33. The van der Waals surface area contributed by atoms with Crippen molar-refractivity contribution in [2.45, 2.75) is 0 Å². The minimum atomic E-state index is 0.214. The van der Waals surface area contributed by atoms with E-state index < -0.39 is 0 Å². The molecule has 1 aromatic rings. The Hall–Kier alpha value is -2.74. The van der Waals surface area contributed by atoms with Crippen molar-refractivity contribution < 1.29 is 5.11 Å². The number of hydrogen-bond acceptors (Lipinski definition) is 1. The summed E-state index contributed by atoms with van der Waals surface area (Å²) in [4.78, 5) is 0. The van der Waals surface area contributed by atoms with Crippen LogP contribution in [0.2, 0.25) is 0 Å². The van der Waals surface area contributed by atoms with Crippen molar-refractivity contribution in [1.82, 2.24) is 0 Å². The zero-order valence-corrected chi connectivity index (χ0v) is 7.83. The van der Waals surface area contributed by atoms with E-state index >= 15 is 0 Å². The van der Waals surface area contributed by atoms with Crippen LogP contribution in [-0.2, 0) is 0 Å². The summed E-state index contributed by atoms with van der Waals surface area (Å²) in [5.74, 6) is 17.6. The van der Waals surface area contributed by atoms with Crippen LogP contribution in [0, 0.1) is 47.9 Å². The summed E-state index contributed by atoms with van der Waals surface area (Å²) in [7, 11) is 0. The van der Waals surface area contributed by atoms with Gasteiger partial charge in [0.25, 0.3) is 0 Å². The fourth-order valence-electron chi connectivity index (χ4n) is 0.778. The highest BCUT2D eigenvalue weighted by Crippen LogP contribution is 2.07. The highest BCUT2D eigenvalue weighted by atomic mass is 16.3. The van der Waals surface area contributed by atoms with Gasteiger partial charge in [0.1, 0.15) is 5.75 Å². The van der Waals surface area contributed by atoms with Gasteiger partial charge in [-0.1, -0.05) is 5.92 Å². The third-order valence-corrected chi connectivity index (χ3v) is 1.40. The first-order valence-corrected chi connectivity index (χ1v) is 4.08. The van der Waals surface area contributed by atoms with Gasteiger partial charge in [-0.25, -0.2) is 0 Å². The monoisotopic (exact) mass is 190 g/mol. The van der Waals surface area contributed by atoms with Crippen molar-refractivity contribution in [3.63, 3.8) is 0 Å². The Labute approximate surface area is 89.1 Å². The lowest BCUT2D eigenvalue weighted by atomic mass is 10.2. The van der Waals surface area contributed by atoms with E-state index in [4.69, 9.17) is 11.5 Å². The van der Waals surface area contributed by atoms with Gasteiger partial charge >= 0.3 is 0 Å². The lowest BCUT2D eigenvalue weighted by Gasteiger charge is -1.89. The average molecular weight is 190 g/mol. The fraction of sp³-hybridized carbons (Fsp3) is 0. The SMILES string of the molecule is C#CC#CC#CC#Cc1ccc(O)cc1. The number of phenolic OH excluding ortho intramolecular Hbond substituents is 1. The molecule has 1 rings (SSSR count). The van der Waals surface area contributed by atoms with Crippen LogP contribution in [-0.4, -0.2) is 5.11 Å². The first-order valence-electron chi connectivity index (χ1n) is 4.08. The topological polar surface area (TPSA) is 20.2 Å². The lowest BCUT2D eigenvalue weighted by Crippen LogP contribution is -1.71. The van der Waals surface area contributed by atoms with Crippen molar-refractivity contribution in [1.29, 1.82) is 0 Å². The summed E-state index contributed by atoms with van der Waals surface area (Å²) < 4.78 is 0. The minimum Gasteiger partial charge on any atom is -0.508 e. The van der Waals surface area contributed by atoms with Crippen LogP contribution in [0.15, 0.2) is 24.3 Å². The Bertz CT molecular complexity index is 552. The van der Waals surface area contributed by atoms with Gasteiger partial charge in [-0.3, -0.25) is 0 Å². The van der Waals surface area contributed by atoms with E-state index in [0.29, 0.717) is 0 Å². The van der Waals surface area contributed by atoms with Gasteiger partial charge < -0.3 is 5.11 Å². The zero-order valence-electron chi connectivity index (χ0n) is 7.83. The van der Waals surface area contributed by atoms with E-state index in [1.165, 1.54) is 0 Å². The standard InChI is InChI=1S/C14H6O/c1-2-3-4-5-6-7-8-13-9-11-14(15)12-10-13/h1,9-12,15H. The molecule has 0 aromatic heterocycles. The Morgan fingerprint density at radius 1 is 0.867 bits per heavy atom. The molecule has 0 atom stereocenters. The second-order valence-corrected chi connectivity index (χ2v) is 2.44. The summed E-state index contributed by atoms with van der Waals surface area (Å²) >= 11 is 0. The van der Waals surface area contributed by atoms with E-state index in [1.807, 2.05) is 0 Å². The fourth-order valence-corrected chi connectivity index (χ4v) is 0.778. The second-order valence-electron chi connectivity index (χ2n) is 2.44. The maximum Gasteiger partial charge on any atom is 0.115 e. The van der Waals surface area contributed by atoms with Crippen LogP contribution in [0.5, 0.6) is 5.75 Å². The van der Waals surface area contributed by atoms with Crippen LogP contribution in [0.25, 0.3) is 0 Å². The summed E-state index contributed by atoms with van der Waals surface area (Å²) in [6, 6.07) is 6.54. The molecule has 0 spiro atoms. The van der Waals surface area contributed by atoms with Crippen molar-refractivity contribution in [3.8, 4) is 53.6 Å². The van der Waals surface area contributed by atoms with Crippen molar-refractivity contribution in [3.05, 3.63) is 29.8 Å². The largest absolute Gasteiger partial charge is 0.508 e. The highest BCUT2D eigenvalue weighted by molar-refractivity contribution is 5.44. The number of hydrogen-bond donors (Lipinski definition) is 1. The van der Waals surface area contributed by atoms with E-state index in [2.05, 4.69) is 41.4 Å². The van der Waals surface area contributed by atoms with Gasteiger partial charge in [0.05, 0.1) is 0 Å². The number of phenols is 1. The predicted molar refractivity (Wildman–Crippen MR) is 59.4 cm³/mol. The van der Waals surface area contributed by atoms with Gasteiger partial charge in [0, 0.05) is 5.56 Å². The lowest BCUT2D eigenvalue weighted by molar-refractivity contribution is 0.475. The molecular weight excluding hydrogens is 184 g/mol. The molecule has 0 aliphatic rings. The molecular formula is C14H6O. The van der Waals surface area contributed by atoms with Gasteiger partial charge in [0.2, 0.25) is 0 Å². The molecule has 0 saturated carbocycles. The normalized spacial score (nSPS) is 6.60. The number of terminal acetylenes is 1. The molecule has 15 heavy (non-hydrogen) atoms. The van der Waals surface area contributed by atoms with Crippen LogP contribution < -0.4 is 0 Å². The molecule has 0 aliphatic heterocycles. The van der Waals surface area contributed by atoms with E-state index in [9.17, 15) is 0 Å². The zero-order chi connectivity index (χ0) is 10.9. The number of aromatic hydroxyl groups is 1. The quantitative estimate of drug-likeness (QED) is 0.613. The molecule has 0 fully saturated rings. The Morgan fingerprint density at radius 3 is 2.13 bits per heavy atom. The first kappa shape index (κ1) is 10.3. The Kier molecular flexibility index (Phi) is 4.02. The third kappa shape index (κ3) is 4.15. The summed E-state index contributed by atoms with van der Waals surface area (Å²) in [6.07, 6.45) is 4.90. The predicted octanol–water partition coefficient (Wildman–Crippen LogP) is 1.38. The second kappa shape index (κ2) is 5.83. The maximum atomic E-state index is 9.01. The van der Waals surface area contributed by atoms with Crippen LogP contribution >= 0.6 is 0 Å².